The van der Waals surface area contributed by atoms with E-state index in [9.17, 15) is 0 Å². The molecule has 0 radical (unpaired) electrons. The Morgan fingerprint density at radius 2 is 1.81 bits per heavy atom. The predicted molar refractivity (Wildman–Crippen MR) is 147 cm³/mol. The first-order valence-corrected chi connectivity index (χ1v) is 13.0. The highest BCUT2D eigenvalue weighted by molar-refractivity contribution is 6.30. The van der Waals surface area contributed by atoms with Gasteiger partial charge in [0.25, 0.3) is 0 Å². The number of para-hydroxylation sites is 2. The van der Waals surface area contributed by atoms with E-state index < -0.39 is 0 Å². The van der Waals surface area contributed by atoms with Crippen molar-refractivity contribution in [3.05, 3.63) is 95.1 Å². The monoisotopic (exact) mass is 493 g/mol. The molecule has 0 spiro atoms. The second-order valence-electron chi connectivity index (χ2n) is 9.51. The van der Waals surface area contributed by atoms with Crippen LogP contribution in [-0.4, -0.2) is 20.6 Å². The molecule has 0 amide bonds. The molecule has 1 aliphatic heterocycles. The van der Waals surface area contributed by atoms with Crippen molar-refractivity contribution in [1.29, 1.82) is 0 Å². The number of rotatable bonds is 4. The number of halogens is 1. The van der Waals surface area contributed by atoms with Crippen LogP contribution in [0.2, 0.25) is 5.02 Å². The van der Waals surface area contributed by atoms with Crippen LogP contribution in [0.25, 0.3) is 28.1 Å². The molecule has 6 heteroatoms. The number of hydrogen-bond acceptors (Lipinski definition) is 4. The van der Waals surface area contributed by atoms with Crippen LogP contribution in [0.3, 0.4) is 0 Å². The number of nitrogens with zero attached hydrogens (tertiary/aromatic N) is 4. The third-order valence-electron chi connectivity index (χ3n) is 6.85. The van der Waals surface area contributed by atoms with Gasteiger partial charge >= 0.3 is 0 Å². The molecule has 1 aromatic heterocycles. The third kappa shape index (κ3) is 4.59. The predicted octanol–water partition coefficient (Wildman–Crippen LogP) is 7.46. The van der Waals surface area contributed by atoms with Crippen molar-refractivity contribution in [2.75, 3.05) is 5.32 Å². The molecule has 1 N–H and O–H groups in total. The Bertz CT molecular complexity index is 1570. The minimum absolute atomic E-state index is 0.334. The Kier molecular flexibility index (Phi) is 6.16. The summed E-state index contributed by atoms with van der Waals surface area (Å²) in [6.45, 7) is 1.99. The van der Waals surface area contributed by atoms with Gasteiger partial charge in [0.2, 0.25) is 0 Å². The normalized spacial score (nSPS) is 15.0. The second kappa shape index (κ2) is 9.75. The van der Waals surface area contributed by atoms with E-state index in [2.05, 4.69) is 45.2 Å². The second-order valence-corrected chi connectivity index (χ2v) is 9.94. The van der Waals surface area contributed by atoms with Gasteiger partial charge in [-0.2, -0.15) is 0 Å². The van der Waals surface area contributed by atoms with Gasteiger partial charge in [-0.1, -0.05) is 49.1 Å². The van der Waals surface area contributed by atoms with Crippen LogP contribution in [0.15, 0.2) is 84.0 Å². The van der Waals surface area contributed by atoms with E-state index in [1.807, 2.05) is 55.6 Å². The van der Waals surface area contributed by atoms with E-state index in [1.54, 1.807) is 0 Å². The Morgan fingerprint density at radius 1 is 0.944 bits per heavy atom. The van der Waals surface area contributed by atoms with Crippen molar-refractivity contribution in [2.24, 2.45) is 4.99 Å². The summed E-state index contributed by atoms with van der Waals surface area (Å²) in [6.07, 6.45) is 7.91. The average Bonchev–Trinajstić information content (AvgIpc) is 2.90. The number of anilines is 2. The minimum Gasteiger partial charge on any atom is -0.352 e. The van der Waals surface area contributed by atoms with Crippen LogP contribution in [0.4, 0.5) is 11.4 Å². The van der Waals surface area contributed by atoms with Gasteiger partial charge in [0.15, 0.2) is 0 Å². The number of fused-ring (bicyclic) bond motifs is 2. The molecule has 1 fully saturated rings. The lowest BCUT2D eigenvalue weighted by atomic mass is 9.96. The summed E-state index contributed by atoms with van der Waals surface area (Å²) >= 11 is 6.42. The van der Waals surface area contributed by atoms with E-state index in [1.165, 1.54) is 19.3 Å². The maximum absolute atomic E-state index is 6.42. The van der Waals surface area contributed by atoms with Crippen LogP contribution >= 0.6 is 11.6 Å². The Hall–Kier alpha value is -3.70. The highest BCUT2D eigenvalue weighted by atomic mass is 35.5. The summed E-state index contributed by atoms with van der Waals surface area (Å²) < 4.78 is 2.24. The molecule has 0 saturated heterocycles. The van der Waals surface area contributed by atoms with E-state index in [4.69, 9.17) is 21.6 Å². The molecule has 0 atom stereocenters. The highest BCUT2D eigenvalue weighted by Crippen LogP contribution is 2.31. The van der Waals surface area contributed by atoms with Gasteiger partial charge in [0, 0.05) is 16.4 Å². The zero-order valence-electron chi connectivity index (χ0n) is 20.3. The van der Waals surface area contributed by atoms with Crippen LogP contribution in [0.5, 0.6) is 0 Å². The van der Waals surface area contributed by atoms with Gasteiger partial charge < -0.3 is 9.88 Å². The Morgan fingerprint density at radius 3 is 2.61 bits per heavy atom. The van der Waals surface area contributed by atoms with Gasteiger partial charge in [0.1, 0.15) is 0 Å². The van der Waals surface area contributed by atoms with Gasteiger partial charge in [-0.3, -0.25) is 9.98 Å². The molecule has 2 heterocycles. The smallest absolute Gasteiger partial charge is 0.0900 e. The molecule has 1 saturated carbocycles. The minimum atomic E-state index is 0.334. The summed E-state index contributed by atoms with van der Waals surface area (Å²) in [7, 11) is 0. The average molecular weight is 494 g/mol. The lowest BCUT2D eigenvalue weighted by Gasteiger charge is -2.21. The van der Waals surface area contributed by atoms with E-state index >= 15 is 0 Å². The number of nitrogens with one attached hydrogen (secondary N) is 1. The molecule has 3 aromatic rings. The lowest BCUT2D eigenvalue weighted by Crippen LogP contribution is -2.19. The summed E-state index contributed by atoms with van der Waals surface area (Å²) in [4.78, 5) is 14.8. The first-order chi connectivity index (χ1) is 17.6. The summed E-state index contributed by atoms with van der Waals surface area (Å²) in [5.74, 6) is 0. The van der Waals surface area contributed by atoms with Crippen LogP contribution in [-0.2, 0) is 0 Å². The SMILES string of the molecule is Cc1ccc(Nc2cc3nc4ccccc4n(-c4cccc(Cl)c4)c-3c/c2=N\C2CCCCC2)cn1. The number of aromatic nitrogens is 3. The van der Waals surface area contributed by atoms with Gasteiger partial charge in [0.05, 0.1) is 51.4 Å². The van der Waals surface area contributed by atoms with Crippen molar-refractivity contribution in [1.82, 2.24) is 14.5 Å². The van der Waals surface area contributed by atoms with E-state index in [0.717, 1.165) is 63.4 Å². The fraction of sp³-hybridized carbons (Fsp3) is 0.233. The van der Waals surface area contributed by atoms with Crippen molar-refractivity contribution < 1.29 is 0 Å². The molecule has 5 nitrogen and oxygen atoms in total. The number of hydrogen-bond donors (Lipinski definition) is 1. The molecule has 36 heavy (non-hydrogen) atoms. The summed E-state index contributed by atoms with van der Waals surface area (Å²) in [6, 6.07) is 24.9. The van der Waals surface area contributed by atoms with Crippen LogP contribution < -0.4 is 10.7 Å². The first kappa shape index (κ1) is 22.7. The fourth-order valence-electron chi connectivity index (χ4n) is 5.05. The van der Waals surface area contributed by atoms with E-state index in [-0.39, 0.29) is 0 Å². The molecule has 0 bridgehead atoms. The van der Waals surface area contributed by atoms with Crippen molar-refractivity contribution in [3.63, 3.8) is 0 Å². The van der Waals surface area contributed by atoms with Gasteiger partial charge in [-0.15, -0.1) is 0 Å². The van der Waals surface area contributed by atoms with Crippen molar-refractivity contribution in [3.8, 4) is 17.1 Å². The molecule has 2 aromatic carbocycles. The quantitative estimate of drug-likeness (QED) is 0.264. The standard InChI is InChI=1S/C30H28ClN5/c1-20-14-15-23(19-32-20)34-26-17-28-30(18-27(26)33-22-9-3-2-4-10-22)36(24-11-7-8-21(31)16-24)29-13-6-5-12-25(29)35-28/h5-8,11-19,22,34H,2-4,9-10H2,1H3/b33-27+. The molecular weight excluding hydrogens is 466 g/mol. The van der Waals surface area contributed by atoms with Crippen molar-refractivity contribution in [2.45, 2.75) is 45.1 Å². The maximum Gasteiger partial charge on any atom is 0.0900 e. The first-order valence-electron chi connectivity index (χ1n) is 12.6. The molecule has 0 unspecified atom stereocenters. The summed E-state index contributed by atoms with van der Waals surface area (Å²) in [5.41, 5.74) is 7.70. The van der Waals surface area contributed by atoms with Crippen molar-refractivity contribution >= 4 is 34.0 Å². The van der Waals surface area contributed by atoms with Crippen LogP contribution in [0.1, 0.15) is 37.8 Å². The zero-order chi connectivity index (χ0) is 24.5. The van der Waals surface area contributed by atoms with Gasteiger partial charge in [-0.25, -0.2) is 4.98 Å². The maximum atomic E-state index is 6.42. The number of benzene rings is 3. The Labute approximate surface area is 215 Å². The number of aryl methyl sites for hydroxylation is 1. The Balaban J connectivity index is 1.62. The molecular formula is C30H28ClN5. The molecule has 3 aliphatic rings. The third-order valence-corrected chi connectivity index (χ3v) is 7.09. The topological polar surface area (TPSA) is 55.1 Å². The summed E-state index contributed by atoms with van der Waals surface area (Å²) in [5, 5.41) is 5.22. The van der Waals surface area contributed by atoms with Gasteiger partial charge in [-0.05, 0) is 74.4 Å². The zero-order valence-corrected chi connectivity index (χ0v) is 21.0. The highest BCUT2D eigenvalue weighted by Gasteiger charge is 2.18. The molecule has 6 rings (SSSR count). The number of pyridine rings is 1. The van der Waals surface area contributed by atoms with Crippen LogP contribution in [0, 0.1) is 6.92 Å². The fourth-order valence-corrected chi connectivity index (χ4v) is 5.23. The molecule has 180 valence electrons. The van der Waals surface area contributed by atoms with E-state index in [0.29, 0.717) is 11.1 Å². The molecule has 2 aliphatic carbocycles. The largest absolute Gasteiger partial charge is 0.352 e. The lowest BCUT2D eigenvalue weighted by molar-refractivity contribution is 0.437.